The van der Waals surface area contributed by atoms with Gasteiger partial charge in [-0.3, -0.25) is 24.5 Å². The van der Waals surface area contributed by atoms with Gasteiger partial charge >= 0.3 is 0 Å². The van der Waals surface area contributed by atoms with Crippen LogP contribution in [0.1, 0.15) is 71.7 Å². The van der Waals surface area contributed by atoms with Crippen molar-refractivity contribution < 1.29 is 28.7 Å². The number of hydrogen-bond acceptors (Lipinski definition) is 7. The number of Topliss-reactive ketones (excluding diaryl/α,β-unsaturated/α-hetero) is 1. The standard InChI is InChI=1S/C29H35N3O6/c1-20(33)21-9-11-22(12-10-21)38-18-4-2-3-16-37-17-6-15-30-25-8-5-7-23-24(25)19-32(29(23)36)26-13-14-27(34)31-28(26)35/h5,7-12,26,30H,2-4,6,13-19H2,1H3,(H,31,34,35). The number of carbonyl (C=O) groups excluding carboxylic acids is 4. The lowest BCUT2D eigenvalue weighted by Gasteiger charge is -2.29. The molecule has 9 heteroatoms. The van der Waals surface area contributed by atoms with Crippen LogP contribution >= 0.6 is 0 Å². The highest BCUT2D eigenvalue weighted by Gasteiger charge is 2.39. The molecule has 0 aliphatic carbocycles. The second-order valence-corrected chi connectivity index (χ2v) is 9.61. The summed E-state index contributed by atoms with van der Waals surface area (Å²) in [6, 6.07) is 12.2. The minimum absolute atomic E-state index is 0.0470. The van der Waals surface area contributed by atoms with Gasteiger partial charge < -0.3 is 19.7 Å². The molecule has 3 amide bonds. The number of nitrogens with one attached hydrogen (secondary N) is 2. The molecule has 2 aliphatic rings. The molecule has 0 saturated carbocycles. The number of ether oxygens (including phenoxy) is 2. The monoisotopic (exact) mass is 521 g/mol. The first-order valence-corrected chi connectivity index (χ1v) is 13.3. The SMILES string of the molecule is CC(=O)c1ccc(OCCCCCOCCCNc2cccc3c2CN(C2CCC(=O)NC2=O)C3=O)cc1. The Morgan fingerprint density at radius 3 is 2.53 bits per heavy atom. The number of nitrogens with zero attached hydrogens (tertiary/aromatic N) is 1. The second kappa shape index (κ2) is 13.2. The molecule has 2 aliphatic heterocycles. The number of fused-ring (bicyclic) bond motifs is 1. The molecule has 0 aromatic heterocycles. The number of piperidine rings is 1. The lowest BCUT2D eigenvalue weighted by atomic mass is 10.0. The van der Waals surface area contributed by atoms with Crippen molar-refractivity contribution in [2.24, 2.45) is 0 Å². The summed E-state index contributed by atoms with van der Waals surface area (Å²) in [5.74, 6) is -0.0376. The molecule has 0 bridgehead atoms. The Kier molecular flexibility index (Phi) is 9.48. The van der Waals surface area contributed by atoms with Crippen molar-refractivity contribution >= 4 is 29.2 Å². The molecule has 4 rings (SSSR count). The Labute approximate surface area is 222 Å². The smallest absolute Gasteiger partial charge is 0.255 e. The van der Waals surface area contributed by atoms with Crippen molar-refractivity contribution in [2.75, 3.05) is 31.7 Å². The van der Waals surface area contributed by atoms with Crippen LogP contribution in [0.15, 0.2) is 42.5 Å². The van der Waals surface area contributed by atoms with Crippen LogP contribution in [0.3, 0.4) is 0 Å². The summed E-state index contributed by atoms with van der Waals surface area (Å²) >= 11 is 0. The van der Waals surface area contributed by atoms with Crippen LogP contribution in [0.4, 0.5) is 5.69 Å². The van der Waals surface area contributed by atoms with Crippen molar-refractivity contribution in [3.05, 3.63) is 59.2 Å². The first-order valence-electron chi connectivity index (χ1n) is 13.3. The molecule has 1 saturated heterocycles. The van der Waals surface area contributed by atoms with Gasteiger partial charge in [-0.1, -0.05) is 6.07 Å². The van der Waals surface area contributed by atoms with Crippen molar-refractivity contribution in [3.63, 3.8) is 0 Å². The predicted molar refractivity (Wildman–Crippen MR) is 142 cm³/mol. The van der Waals surface area contributed by atoms with E-state index in [9.17, 15) is 19.2 Å². The Morgan fingerprint density at radius 2 is 1.76 bits per heavy atom. The number of ketones is 1. The summed E-state index contributed by atoms with van der Waals surface area (Å²) in [7, 11) is 0. The van der Waals surface area contributed by atoms with Crippen LogP contribution in [0.2, 0.25) is 0 Å². The number of imide groups is 1. The average molecular weight is 522 g/mol. The molecular weight excluding hydrogens is 486 g/mol. The zero-order chi connectivity index (χ0) is 26.9. The highest BCUT2D eigenvalue weighted by molar-refractivity contribution is 6.06. The van der Waals surface area contributed by atoms with Crippen molar-refractivity contribution in [2.45, 2.75) is 58.0 Å². The summed E-state index contributed by atoms with van der Waals surface area (Å²) in [4.78, 5) is 49.5. The maximum atomic E-state index is 12.9. The van der Waals surface area contributed by atoms with Gasteiger partial charge in [-0.25, -0.2) is 0 Å². The van der Waals surface area contributed by atoms with Crippen LogP contribution in [-0.4, -0.2) is 60.8 Å². The molecular formula is C29H35N3O6. The van der Waals surface area contributed by atoms with E-state index in [0.29, 0.717) is 50.5 Å². The molecule has 2 heterocycles. The van der Waals surface area contributed by atoms with E-state index >= 15 is 0 Å². The molecule has 38 heavy (non-hydrogen) atoms. The second-order valence-electron chi connectivity index (χ2n) is 9.61. The van der Waals surface area contributed by atoms with E-state index in [4.69, 9.17) is 9.47 Å². The van der Waals surface area contributed by atoms with E-state index in [1.165, 1.54) is 0 Å². The van der Waals surface area contributed by atoms with Gasteiger partial charge in [-0.15, -0.1) is 0 Å². The minimum Gasteiger partial charge on any atom is -0.494 e. The van der Waals surface area contributed by atoms with E-state index in [1.807, 2.05) is 24.3 Å². The maximum Gasteiger partial charge on any atom is 0.255 e. The summed E-state index contributed by atoms with van der Waals surface area (Å²) in [5, 5.41) is 5.74. The summed E-state index contributed by atoms with van der Waals surface area (Å²) in [5.41, 5.74) is 3.07. The van der Waals surface area contributed by atoms with Gasteiger partial charge in [0.15, 0.2) is 5.78 Å². The molecule has 1 unspecified atom stereocenters. The molecule has 0 radical (unpaired) electrons. The molecule has 9 nitrogen and oxygen atoms in total. The number of rotatable bonds is 14. The number of unbranched alkanes of at least 4 members (excludes halogenated alkanes) is 2. The van der Waals surface area contributed by atoms with E-state index in [1.54, 1.807) is 30.0 Å². The fourth-order valence-corrected chi connectivity index (χ4v) is 4.71. The molecule has 2 N–H and O–H groups in total. The third-order valence-corrected chi connectivity index (χ3v) is 6.83. The first kappa shape index (κ1) is 27.3. The lowest BCUT2D eigenvalue weighted by Crippen LogP contribution is -2.52. The van der Waals surface area contributed by atoms with Gasteiger partial charge in [0.05, 0.1) is 6.61 Å². The van der Waals surface area contributed by atoms with Crippen LogP contribution in [0.25, 0.3) is 0 Å². The molecule has 0 spiro atoms. The molecule has 1 fully saturated rings. The highest BCUT2D eigenvalue weighted by Crippen LogP contribution is 2.32. The summed E-state index contributed by atoms with van der Waals surface area (Å²) < 4.78 is 11.5. The number of amides is 3. The zero-order valence-electron chi connectivity index (χ0n) is 21.8. The van der Waals surface area contributed by atoms with Crippen molar-refractivity contribution in [3.8, 4) is 5.75 Å². The van der Waals surface area contributed by atoms with Crippen LogP contribution in [0.5, 0.6) is 5.75 Å². The fraction of sp³-hybridized carbons (Fsp3) is 0.448. The summed E-state index contributed by atoms with van der Waals surface area (Å²) in [6.45, 7) is 4.58. The van der Waals surface area contributed by atoms with Gasteiger partial charge in [0.1, 0.15) is 11.8 Å². The molecule has 2 aromatic carbocycles. The normalized spacial score (nSPS) is 16.8. The van der Waals surface area contributed by atoms with Crippen LogP contribution < -0.4 is 15.4 Å². The van der Waals surface area contributed by atoms with Crippen LogP contribution in [-0.2, 0) is 20.9 Å². The third kappa shape index (κ3) is 6.98. The largest absolute Gasteiger partial charge is 0.494 e. The fourth-order valence-electron chi connectivity index (χ4n) is 4.71. The summed E-state index contributed by atoms with van der Waals surface area (Å²) in [6.07, 6.45) is 4.34. The predicted octanol–water partition coefficient (Wildman–Crippen LogP) is 3.72. The minimum atomic E-state index is -0.611. The molecule has 2 aromatic rings. The maximum absolute atomic E-state index is 12.9. The Hall–Kier alpha value is -3.72. The number of carbonyl (C=O) groups is 4. The third-order valence-electron chi connectivity index (χ3n) is 6.83. The lowest BCUT2D eigenvalue weighted by molar-refractivity contribution is -0.136. The molecule has 1 atom stereocenters. The highest BCUT2D eigenvalue weighted by atomic mass is 16.5. The van der Waals surface area contributed by atoms with Crippen LogP contribution in [0, 0.1) is 0 Å². The first-order chi connectivity index (χ1) is 18.4. The van der Waals surface area contributed by atoms with Crippen molar-refractivity contribution in [1.82, 2.24) is 10.2 Å². The van der Waals surface area contributed by atoms with Gasteiger partial charge in [0.25, 0.3) is 5.91 Å². The van der Waals surface area contributed by atoms with E-state index < -0.39 is 11.9 Å². The number of hydrogen-bond donors (Lipinski definition) is 2. The average Bonchev–Trinajstić information content (AvgIpc) is 3.24. The van der Waals surface area contributed by atoms with Gasteiger partial charge in [-0.2, -0.15) is 0 Å². The quantitative estimate of drug-likeness (QED) is 0.221. The number of anilines is 1. The topological polar surface area (TPSA) is 114 Å². The van der Waals surface area contributed by atoms with Gasteiger partial charge in [-0.05, 0) is 75.4 Å². The van der Waals surface area contributed by atoms with E-state index in [-0.39, 0.29) is 24.0 Å². The Balaban J connectivity index is 1.08. The van der Waals surface area contributed by atoms with Crippen molar-refractivity contribution in [1.29, 1.82) is 0 Å². The van der Waals surface area contributed by atoms with E-state index in [2.05, 4.69) is 10.6 Å². The van der Waals surface area contributed by atoms with E-state index in [0.717, 1.165) is 42.7 Å². The Morgan fingerprint density at radius 1 is 1.00 bits per heavy atom. The van der Waals surface area contributed by atoms with Gasteiger partial charge in [0, 0.05) is 55.1 Å². The molecule has 202 valence electrons. The number of benzene rings is 2. The Bertz CT molecular complexity index is 1160. The van der Waals surface area contributed by atoms with Gasteiger partial charge in [0.2, 0.25) is 11.8 Å². The zero-order valence-corrected chi connectivity index (χ0v) is 21.8.